The predicted octanol–water partition coefficient (Wildman–Crippen LogP) is 2.84. The Labute approximate surface area is 161 Å². The first kappa shape index (κ1) is 17.0. The maximum absolute atomic E-state index is 12.4. The van der Waals surface area contributed by atoms with Gasteiger partial charge < -0.3 is 14.8 Å². The molecule has 3 aliphatic rings. The Balaban J connectivity index is 1.43. The van der Waals surface area contributed by atoms with Crippen molar-refractivity contribution >= 4 is 17.6 Å². The molecule has 2 fully saturated rings. The molecule has 0 radical (unpaired) electrons. The zero-order chi connectivity index (χ0) is 19.7. The molecule has 0 unspecified atom stereocenters. The molecule has 8 nitrogen and oxygen atoms in total. The summed E-state index contributed by atoms with van der Waals surface area (Å²) in [4.78, 5) is 34.0. The zero-order valence-corrected chi connectivity index (χ0v) is 15.9. The Morgan fingerprint density at radius 2 is 1.89 bits per heavy atom. The van der Waals surface area contributed by atoms with Crippen LogP contribution in [-0.4, -0.2) is 34.1 Å². The molecule has 0 bridgehead atoms. The summed E-state index contributed by atoms with van der Waals surface area (Å²) >= 11 is 0. The van der Waals surface area contributed by atoms with Crippen molar-refractivity contribution in [3.05, 3.63) is 35.7 Å². The molecule has 0 atom stereocenters. The summed E-state index contributed by atoms with van der Waals surface area (Å²) in [6.07, 6.45) is 5.00. The van der Waals surface area contributed by atoms with Gasteiger partial charge in [-0.2, -0.15) is 0 Å². The highest BCUT2D eigenvalue weighted by Crippen LogP contribution is 2.59. The van der Waals surface area contributed by atoms with Gasteiger partial charge in [-0.1, -0.05) is 6.07 Å². The third kappa shape index (κ3) is 2.37. The first-order valence-electron chi connectivity index (χ1n) is 9.24. The molecular weight excluding hydrogens is 360 g/mol. The number of ether oxygens (including phenoxy) is 2. The number of rotatable bonds is 3. The molecule has 3 heterocycles. The van der Waals surface area contributed by atoms with Crippen molar-refractivity contribution in [2.24, 2.45) is 0 Å². The summed E-state index contributed by atoms with van der Waals surface area (Å²) in [5.41, 5.74) is 1.59. The lowest BCUT2D eigenvalue weighted by molar-refractivity contribution is -0.121. The van der Waals surface area contributed by atoms with Crippen molar-refractivity contribution in [3.63, 3.8) is 0 Å². The molecule has 28 heavy (non-hydrogen) atoms. The molecule has 1 aromatic carbocycles. The molecule has 144 valence electrons. The van der Waals surface area contributed by atoms with Gasteiger partial charge >= 0.3 is 12.0 Å². The van der Waals surface area contributed by atoms with E-state index in [-0.39, 0.29) is 17.3 Å². The first-order valence-corrected chi connectivity index (χ1v) is 9.24. The monoisotopic (exact) mass is 380 g/mol. The van der Waals surface area contributed by atoms with Gasteiger partial charge in [0.2, 0.25) is 0 Å². The SMILES string of the molecule is Cc1ccc(Oc2ncc(N3C(=O)NC(C)(C)C3=O)cn2)c2c1OCC21CC1. The Kier molecular flexibility index (Phi) is 3.29. The lowest BCUT2D eigenvalue weighted by Crippen LogP contribution is -2.40. The number of benzene rings is 1. The first-order chi connectivity index (χ1) is 13.3. The van der Waals surface area contributed by atoms with Crippen LogP contribution in [0.25, 0.3) is 0 Å². The fourth-order valence-corrected chi connectivity index (χ4v) is 3.83. The number of imide groups is 1. The molecule has 2 aromatic rings. The number of carbonyl (C=O) groups excluding carboxylic acids is 2. The maximum atomic E-state index is 12.4. The van der Waals surface area contributed by atoms with E-state index < -0.39 is 11.6 Å². The molecular formula is C20H20N4O4. The topological polar surface area (TPSA) is 93.7 Å². The van der Waals surface area contributed by atoms with E-state index in [1.807, 2.05) is 19.1 Å². The summed E-state index contributed by atoms with van der Waals surface area (Å²) < 4.78 is 11.9. The number of hydrogen-bond donors (Lipinski definition) is 1. The summed E-state index contributed by atoms with van der Waals surface area (Å²) in [5, 5.41) is 2.63. The molecule has 1 spiro atoms. The van der Waals surface area contributed by atoms with Crippen molar-refractivity contribution < 1.29 is 19.1 Å². The largest absolute Gasteiger partial charge is 0.492 e. The second-order valence-corrected chi connectivity index (χ2v) is 8.18. The average Bonchev–Trinajstić information content (AvgIpc) is 3.26. The fourth-order valence-electron chi connectivity index (χ4n) is 3.83. The van der Waals surface area contributed by atoms with Gasteiger partial charge in [-0.3, -0.25) is 4.79 Å². The Hall–Kier alpha value is -3.16. The minimum absolute atomic E-state index is 0.0578. The normalized spacial score (nSPS) is 20.8. The van der Waals surface area contributed by atoms with Crippen molar-refractivity contribution in [2.45, 2.75) is 44.6 Å². The Morgan fingerprint density at radius 1 is 1.18 bits per heavy atom. The summed E-state index contributed by atoms with van der Waals surface area (Å²) in [7, 11) is 0. The van der Waals surface area contributed by atoms with Crippen molar-refractivity contribution in [3.8, 4) is 17.5 Å². The Bertz CT molecular complexity index is 1010. The van der Waals surface area contributed by atoms with E-state index in [0.717, 1.165) is 34.6 Å². The number of amides is 3. The lowest BCUT2D eigenvalue weighted by atomic mass is 9.95. The predicted molar refractivity (Wildman–Crippen MR) is 99.8 cm³/mol. The highest BCUT2D eigenvalue weighted by molar-refractivity contribution is 6.22. The molecule has 1 saturated carbocycles. The van der Waals surface area contributed by atoms with E-state index in [0.29, 0.717) is 18.0 Å². The minimum Gasteiger partial charge on any atom is -0.492 e. The van der Waals surface area contributed by atoms with Gasteiger partial charge in [0.05, 0.1) is 24.7 Å². The van der Waals surface area contributed by atoms with Crippen LogP contribution in [0.1, 0.15) is 37.8 Å². The lowest BCUT2D eigenvalue weighted by Gasteiger charge is -2.16. The van der Waals surface area contributed by atoms with Gasteiger partial charge in [0.1, 0.15) is 17.0 Å². The van der Waals surface area contributed by atoms with Crippen LogP contribution in [-0.2, 0) is 10.2 Å². The second kappa shape index (κ2) is 5.43. The number of carbonyl (C=O) groups is 2. The summed E-state index contributed by atoms with van der Waals surface area (Å²) in [6, 6.07) is 3.54. The summed E-state index contributed by atoms with van der Waals surface area (Å²) in [5.74, 6) is 1.24. The summed E-state index contributed by atoms with van der Waals surface area (Å²) in [6.45, 7) is 6.01. The molecule has 1 aliphatic carbocycles. The maximum Gasteiger partial charge on any atom is 0.329 e. The van der Waals surface area contributed by atoms with Gasteiger partial charge in [0, 0.05) is 11.0 Å². The molecule has 2 aliphatic heterocycles. The standard InChI is InChI=1S/C20H20N4O4/c1-11-4-5-13(14-15(11)27-10-20(14)6-7-20)28-17-21-8-12(9-22-17)24-16(25)19(2,3)23-18(24)26/h4-5,8-9H,6-7,10H2,1-3H3,(H,23,26). The number of fused-ring (bicyclic) bond motifs is 2. The average molecular weight is 380 g/mol. The van der Waals surface area contributed by atoms with Gasteiger partial charge in [-0.15, -0.1) is 0 Å². The molecule has 1 N–H and O–H groups in total. The van der Waals surface area contributed by atoms with Crippen molar-refractivity contribution in [1.29, 1.82) is 0 Å². The smallest absolute Gasteiger partial charge is 0.329 e. The number of anilines is 1. The minimum atomic E-state index is -0.951. The van der Waals surface area contributed by atoms with Crippen LogP contribution in [0.4, 0.5) is 10.5 Å². The van der Waals surface area contributed by atoms with Crippen LogP contribution in [0.3, 0.4) is 0 Å². The van der Waals surface area contributed by atoms with Crippen molar-refractivity contribution in [2.75, 3.05) is 11.5 Å². The van der Waals surface area contributed by atoms with E-state index in [2.05, 4.69) is 15.3 Å². The highest BCUT2D eigenvalue weighted by atomic mass is 16.5. The third-order valence-electron chi connectivity index (χ3n) is 5.63. The van der Waals surface area contributed by atoms with Crippen LogP contribution in [0.5, 0.6) is 17.5 Å². The fraction of sp³-hybridized carbons (Fsp3) is 0.400. The van der Waals surface area contributed by atoms with E-state index in [9.17, 15) is 9.59 Å². The van der Waals surface area contributed by atoms with E-state index >= 15 is 0 Å². The van der Waals surface area contributed by atoms with Crippen LogP contribution < -0.4 is 19.7 Å². The Morgan fingerprint density at radius 3 is 2.50 bits per heavy atom. The van der Waals surface area contributed by atoms with Gasteiger partial charge in [-0.05, 0) is 45.2 Å². The zero-order valence-electron chi connectivity index (χ0n) is 15.9. The van der Waals surface area contributed by atoms with Crippen LogP contribution >= 0.6 is 0 Å². The number of nitrogens with one attached hydrogen (secondary N) is 1. The number of nitrogens with zero attached hydrogens (tertiary/aromatic N) is 3. The van der Waals surface area contributed by atoms with E-state index in [1.165, 1.54) is 12.4 Å². The molecule has 3 amide bonds. The molecule has 5 rings (SSSR count). The van der Waals surface area contributed by atoms with Gasteiger partial charge in [-0.25, -0.2) is 19.7 Å². The molecule has 8 heteroatoms. The quantitative estimate of drug-likeness (QED) is 0.823. The van der Waals surface area contributed by atoms with Crippen LogP contribution in [0.15, 0.2) is 24.5 Å². The highest BCUT2D eigenvalue weighted by Gasteiger charge is 2.53. The van der Waals surface area contributed by atoms with Crippen LogP contribution in [0.2, 0.25) is 0 Å². The third-order valence-corrected chi connectivity index (χ3v) is 5.63. The van der Waals surface area contributed by atoms with Crippen LogP contribution in [0, 0.1) is 6.92 Å². The number of aromatic nitrogens is 2. The van der Waals surface area contributed by atoms with Gasteiger partial charge in [0.25, 0.3) is 5.91 Å². The number of hydrogen-bond acceptors (Lipinski definition) is 6. The van der Waals surface area contributed by atoms with E-state index in [1.54, 1.807) is 13.8 Å². The van der Waals surface area contributed by atoms with E-state index in [4.69, 9.17) is 9.47 Å². The number of urea groups is 1. The van der Waals surface area contributed by atoms with Crippen molar-refractivity contribution in [1.82, 2.24) is 15.3 Å². The molecule has 1 aromatic heterocycles. The second-order valence-electron chi connectivity index (χ2n) is 8.18. The van der Waals surface area contributed by atoms with Gasteiger partial charge in [0.15, 0.2) is 0 Å². The molecule has 1 saturated heterocycles. The number of aryl methyl sites for hydroxylation is 1.